The van der Waals surface area contributed by atoms with Crippen LogP contribution in [0.3, 0.4) is 0 Å². The Hall–Kier alpha value is -4.94. The number of benzene rings is 2. The summed E-state index contributed by atoms with van der Waals surface area (Å²) in [4.78, 5) is 42.1. The molecule has 45 heavy (non-hydrogen) atoms. The lowest BCUT2D eigenvalue weighted by molar-refractivity contribution is -0.113. The normalized spacial score (nSPS) is 14.6. The van der Waals surface area contributed by atoms with E-state index < -0.39 is 6.04 Å². The van der Waals surface area contributed by atoms with Crippen LogP contribution in [0.1, 0.15) is 35.7 Å². The molecule has 6 rings (SSSR count). The van der Waals surface area contributed by atoms with Gasteiger partial charge in [0.25, 0.3) is 11.5 Å². The van der Waals surface area contributed by atoms with Crippen LogP contribution in [0.4, 0.5) is 5.69 Å². The average Bonchev–Trinajstić information content (AvgIpc) is 3.58. The molecule has 1 aliphatic heterocycles. The molecule has 0 spiro atoms. The Morgan fingerprint density at radius 2 is 1.76 bits per heavy atom. The lowest BCUT2D eigenvalue weighted by Gasteiger charge is -2.26. The molecule has 3 aromatic heterocycles. The maximum atomic E-state index is 14.1. The van der Waals surface area contributed by atoms with Gasteiger partial charge in [0.2, 0.25) is 0 Å². The van der Waals surface area contributed by atoms with Crippen molar-refractivity contribution in [2.75, 3.05) is 19.5 Å². The first-order valence-corrected chi connectivity index (χ1v) is 15.6. The molecule has 1 atom stereocenters. The molecule has 0 saturated carbocycles. The van der Waals surface area contributed by atoms with Gasteiger partial charge in [-0.3, -0.25) is 14.2 Å². The molecule has 0 fully saturated rings. The van der Waals surface area contributed by atoms with Crippen molar-refractivity contribution < 1.29 is 18.7 Å². The second kappa shape index (κ2) is 12.6. The minimum Gasteiger partial charge on any atom is -0.497 e. The molecule has 12 heteroatoms. The average molecular weight is 640 g/mol. The number of fused-ring (bicyclic) bond motifs is 1. The number of aromatic nitrogens is 3. The molecule has 228 valence electrons. The van der Waals surface area contributed by atoms with Gasteiger partial charge in [0.1, 0.15) is 23.3 Å². The van der Waals surface area contributed by atoms with E-state index >= 15 is 0 Å². The van der Waals surface area contributed by atoms with Crippen LogP contribution >= 0.6 is 23.1 Å². The fourth-order valence-corrected chi connectivity index (χ4v) is 6.96. The maximum Gasteiger partial charge on any atom is 0.271 e. The third-order valence-corrected chi connectivity index (χ3v) is 8.83. The Morgan fingerprint density at radius 1 is 1.00 bits per heavy atom. The summed E-state index contributed by atoms with van der Waals surface area (Å²) in [5.41, 5.74) is 3.47. The van der Waals surface area contributed by atoms with E-state index in [1.165, 1.54) is 34.8 Å². The van der Waals surface area contributed by atoms with Gasteiger partial charge in [-0.15, -0.1) is 0 Å². The molecule has 0 bridgehead atoms. The predicted molar refractivity (Wildman–Crippen MR) is 173 cm³/mol. The number of thiazole rings is 1. The number of hydrogen-bond donors (Lipinski definition) is 1. The van der Waals surface area contributed by atoms with E-state index in [0.29, 0.717) is 59.4 Å². The number of furan rings is 1. The fourth-order valence-electron chi connectivity index (χ4n) is 5.10. The van der Waals surface area contributed by atoms with Crippen molar-refractivity contribution in [3.8, 4) is 11.5 Å². The maximum absolute atomic E-state index is 14.1. The van der Waals surface area contributed by atoms with Gasteiger partial charge < -0.3 is 19.2 Å². The molecule has 5 aromatic rings. The first-order valence-electron chi connectivity index (χ1n) is 13.9. The smallest absolute Gasteiger partial charge is 0.271 e. The zero-order valence-corrected chi connectivity index (χ0v) is 26.8. The van der Waals surface area contributed by atoms with E-state index in [1.54, 1.807) is 56.5 Å². The summed E-state index contributed by atoms with van der Waals surface area (Å²) in [6, 6.07) is 19.1. The summed E-state index contributed by atoms with van der Waals surface area (Å²) in [7, 11) is 3.10. The molecular weight excluding hydrogens is 611 g/mol. The summed E-state index contributed by atoms with van der Waals surface area (Å²) in [6.07, 6.45) is 1.68. The first kappa shape index (κ1) is 30.1. The van der Waals surface area contributed by atoms with Crippen molar-refractivity contribution in [3.63, 3.8) is 0 Å². The summed E-state index contributed by atoms with van der Waals surface area (Å²) in [6.45, 7) is 5.60. The monoisotopic (exact) mass is 639 g/mol. The molecule has 1 N–H and O–H groups in total. The molecule has 0 aliphatic carbocycles. The number of carbonyl (C=O) groups excluding carboxylic acids is 1. The van der Waals surface area contributed by atoms with Gasteiger partial charge in [-0.05, 0) is 75.0 Å². The van der Waals surface area contributed by atoms with Crippen LogP contribution in [-0.4, -0.2) is 34.7 Å². The van der Waals surface area contributed by atoms with E-state index in [1.807, 2.05) is 44.2 Å². The molecular formula is C33H29N5O5S2. The van der Waals surface area contributed by atoms with Gasteiger partial charge in [0.15, 0.2) is 15.1 Å². The Labute approximate surface area is 266 Å². The third kappa shape index (κ3) is 6.19. The first-order chi connectivity index (χ1) is 21.7. The molecule has 1 aliphatic rings. The number of nitrogens with zero attached hydrogens (tertiary/aromatic N) is 4. The number of rotatable bonds is 8. The van der Waals surface area contributed by atoms with Crippen LogP contribution in [0.2, 0.25) is 0 Å². The van der Waals surface area contributed by atoms with Crippen molar-refractivity contribution in [1.29, 1.82) is 0 Å². The summed E-state index contributed by atoms with van der Waals surface area (Å²) < 4.78 is 19.1. The highest BCUT2D eigenvalue weighted by Gasteiger charge is 2.34. The highest BCUT2D eigenvalue weighted by molar-refractivity contribution is 7.99. The summed E-state index contributed by atoms with van der Waals surface area (Å²) in [5.74, 6) is 1.16. The molecule has 4 heterocycles. The van der Waals surface area contributed by atoms with Crippen LogP contribution in [0, 0.1) is 13.8 Å². The number of methoxy groups -OCH3 is 2. The van der Waals surface area contributed by atoms with Crippen LogP contribution < -0.4 is 29.7 Å². The number of amides is 1. The largest absolute Gasteiger partial charge is 0.497 e. The summed E-state index contributed by atoms with van der Waals surface area (Å²) in [5, 5.41) is 4.13. The van der Waals surface area contributed by atoms with Crippen LogP contribution in [0.15, 0.2) is 102 Å². The lowest BCUT2D eigenvalue weighted by atomic mass is 9.94. The van der Waals surface area contributed by atoms with E-state index in [2.05, 4.69) is 15.3 Å². The molecule has 0 unspecified atom stereocenters. The Morgan fingerprint density at radius 3 is 2.47 bits per heavy atom. The number of carbonyl (C=O) groups is 1. The van der Waals surface area contributed by atoms with Gasteiger partial charge in [-0.1, -0.05) is 29.5 Å². The predicted octanol–water partition coefficient (Wildman–Crippen LogP) is 5.04. The number of hydrogen-bond acceptors (Lipinski definition) is 10. The van der Waals surface area contributed by atoms with Crippen LogP contribution in [-0.2, 0) is 4.79 Å². The second-order valence-electron chi connectivity index (χ2n) is 10.2. The number of nitrogens with one attached hydrogen (secondary N) is 1. The van der Waals surface area contributed by atoms with Gasteiger partial charge in [-0.25, -0.2) is 15.0 Å². The summed E-state index contributed by atoms with van der Waals surface area (Å²) >= 11 is 2.53. The van der Waals surface area contributed by atoms with Crippen molar-refractivity contribution in [1.82, 2.24) is 14.5 Å². The number of allylic oxidation sites excluding steroid dienone is 1. The second-order valence-corrected chi connectivity index (χ2v) is 12.2. The van der Waals surface area contributed by atoms with Gasteiger partial charge in [-0.2, -0.15) is 0 Å². The molecule has 0 saturated heterocycles. The van der Waals surface area contributed by atoms with E-state index in [-0.39, 0.29) is 11.5 Å². The number of ether oxygens (including phenoxy) is 2. The van der Waals surface area contributed by atoms with Crippen molar-refractivity contribution >= 4 is 40.8 Å². The van der Waals surface area contributed by atoms with E-state index in [4.69, 9.17) is 18.9 Å². The highest BCUT2D eigenvalue weighted by Crippen LogP contribution is 2.37. The van der Waals surface area contributed by atoms with Crippen LogP contribution in [0.5, 0.6) is 11.5 Å². The zero-order chi connectivity index (χ0) is 31.7. The minimum atomic E-state index is -0.822. The van der Waals surface area contributed by atoms with Crippen molar-refractivity contribution in [2.45, 2.75) is 37.1 Å². The van der Waals surface area contributed by atoms with Crippen LogP contribution in [0.25, 0.3) is 6.08 Å². The van der Waals surface area contributed by atoms with Crippen molar-refractivity contribution in [3.05, 3.63) is 120 Å². The van der Waals surface area contributed by atoms with E-state index in [9.17, 15) is 9.59 Å². The molecule has 0 radical (unpaired) electrons. The number of para-hydroxylation sites is 1. The Kier molecular flexibility index (Phi) is 8.42. The minimum absolute atomic E-state index is 0.317. The lowest BCUT2D eigenvalue weighted by Crippen LogP contribution is -2.40. The standard InChI is InChI=1S/C33H29N5O5S2/c1-18-15-19(2)35-32(34-18)45-27-14-12-23(43-27)17-26-31(40)38-29(24-13-11-22(41-4)16-25(24)42-5)28(20(3)36-33(38)44-26)30(39)37-21-9-7-6-8-10-21/h6-17,29H,1-5H3,(H,37,39)/b26-17+/t29-/m0/s1. The number of aryl methyl sites for hydroxylation is 2. The third-order valence-electron chi connectivity index (χ3n) is 7.06. The zero-order valence-electron chi connectivity index (χ0n) is 25.2. The van der Waals surface area contributed by atoms with Gasteiger partial charge in [0.05, 0.1) is 30.0 Å². The van der Waals surface area contributed by atoms with Gasteiger partial charge >= 0.3 is 0 Å². The molecule has 1 amide bonds. The fraction of sp³-hybridized carbons (Fsp3) is 0.182. The molecule has 10 nitrogen and oxygen atoms in total. The Bertz CT molecular complexity index is 2110. The molecule has 2 aromatic carbocycles. The van der Waals surface area contributed by atoms with Gasteiger partial charge in [0, 0.05) is 34.8 Å². The van der Waals surface area contributed by atoms with E-state index in [0.717, 1.165) is 11.4 Å². The SMILES string of the molecule is COc1ccc([C@H]2C(C(=O)Nc3ccccc3)=C(C)N=c3s/c(=C/c4ccc(Sc5nc(C)cc(C)n5)o4)c(=O)n32)c(OC)c1. The van der Waals surface area contributed by atoms with Crippen molar-refractivity contribution in [2.24, 2.45) is 4.99 Å². The Balaban J connectivity index is 1.44. The quantitative estimate of drug-likeness (QED) is 0.235. The number of anilines is 1. The topological polar surface area (TPSA) is 121 Å². The highest BCUT2D eigenvalue weighted by atomic mass is 32.2.